The zero-order valence-electron chi connectivity index (χ0n) is 14.6. The fourth-order valence-corrected chi connectivity index (χ4v) is 3.32. The first-order valence-corrected chi connectivity index (χ1v) is 9.12. The maximum atomic E-state index is 13.0. The van der Waals surface area contributed by atoms with Crippen LogP contribution in [0.1, 0.15) is 24.0 Å². The van der Waals surface area contributed by atoms with E-state index in [1.807, 2.05) is 30.3 Å². The molecule has 1 N–H and O–H groups in total. The predicted octanol–water partition coefficient (Wildman–Crippen LogP) is 2.71. The van der Waals surface area contributed by atoms with Crippen molar-refractivity contribution < 1.29 is 18.3 Å². The van der Waals surface area contributed by atoms with Gasteiger partial charge >= 0.3 is 5.92 Å². The number of amides is 1. The summed E-state index contributed by atoms with van der Waals surface area (Å²) in [4.78, 5) is 15.5. The minimum absolute atomic E-state index is 0.0904. The van der Waals surface area contributed by atoms with Crippen LogP contribution in [0.5, 0.6) is 0 Å². The Hall–Kier alpha value is -3.21. The Bertz CT molecular complexity index is 1040. The van der Waals surface area contributed by atoms with Gasteiger partial charge in [0, 0.05) is 17.9 Å². The van der Waals surface area contributed by atoms with Gasteiger partial charge in [-0.15, -0.1) is 16.4 Å². The molecule has 1 aromatic carbocycles. The highest BCUT2D eigenvalue weighted by Gasteiger charge is 2.33. The van der Waals surface area contributed by atoms with Crippen LogP contribution in [0.2, 0.25) is 0 Å². The van der Waals surface area contributed by atoms with Crippen molar-refractivity contribution in [2.45, 2.75) is 25.9 Å². The van der Waals surface area contributed by atoms with Crippen LogP contribution in [0.15, 0.2) is 41.5 Å². The van der Waals surface area contributed by atoms with Crippen molar-refractivity contribution >= 4 is 28.1 Å². The van der Waals surface area contributed by atoms with Crippen LogP contribution in [0, 0.1) is 0 Å². The second-order valence-electron chi connectivity index (χ2n) is 6.10. The number of carbonyl (C=O) groups is 1. The molecule has 144 valence electrons. The number of alkyl halides is 2. The number of aromatic nitrogens is 5. The van der Waals surface area contributed by atoms with Crippen molar-refractivity contribution in [2.24, 2.45) is 0 Å². The van der Waals surface area contributed by atoms with Crippen molar-refractivity contribution in [2.75, 3.05) is 5.32 Å². The average molecular weight is 404 g/mol. The molecule has 0 fully saturated rings. The number of tetrazole rings is 1. The van der Waals surface area contributed by atoms with Crippen LogP contribution in [0.3, 0.4) is 0 Å². The summed E-state index contributed by atoms with van der Waals surface area (Å²) in [6, 6.07) is 9.57. The SMILES string of the molecule is CC(F)(F)C(=O)Nc1nc(COC2=C(c3ccccc3)n3nnnc3C2)cs1. The third-order valence-corrected chi connectivity index (χ3v) is 4.75. The highest BCUT2D eigenvalue weighted by Crippen LogP contribution is 2.30. The van der Waals surface area contributed by atoms with E-state index in [2.05, 4.69) is 25.8 Å². The zero-order chi connectivity index (χ0) is 19.7. The summed E-state index contributed by atoms with van der Waals surface area (Å²) in [5.74, 6) is -3.56. The highest BCUT2D eigenvalue weighted by atomic mass is 32.1. The van der Waals surface area contributed by atoms with Crippen molar-refractivity contribution in [3.8, 4) is 0 Å². The molecule has 1 amide bonds. The Kier molecular flexibility index (Phi) is 4.59. The van der Waals surface area contributed by atoms with Crippen LogP contribution < -0.4 is 5.32 Å². The first kappa shape index (κ1) is 18.2. The molecule has 28 heavy (non-hydrogen) atoms. The molecule has 0 saturated heterocycles. The quantitative estimate of drug-likeness (QED) is 0.679. The molecule has 0 radical (unpaired) electrons. The largest absolute Gasteiger partial charge is 0.489 e. The summed E-state index contributed by atoms with van der Waals surface area (Å²) in [5, 5.41) is 15.5. The number of halogens is 2. The van der Waals surface area contributed by atoms with Crippen molar-refractivity contribution in [1.29, 1.82) is 0 Å². The van der Waals surface area contributed by atoms with Gasteiger partial charge in [0.1, 0.15) is 18.1 Å². The van der Waals surface area contributed by atoms with Crippen molar-refractivity contribution in [1.82, 2.24) is 25.2 Å². The lowest BCUT2D eigenvalue weighted by Gasteiger charge is -2.09. The van der Waals surface area contributed by atoms with Crippen molar-refractivity contribution in [3.63, 3.8) is 0 Å². The number of fused-ring (bicyclic) bond motifs is 1. The number of hydrogen-bond donors (Lipinski definition) is 1. The molecular weight excluding hydrogens is 390 g/mol. The van der Waals surface area contributed by atoms with E-state index in [4.69, 9.17) is 4.74 Å². The van der Waals surface area contributed by atoms with Gasteiger partial charge in [-0.25, -0.2) is 4.98 Å². The fraction of sp³-hybridized carbons (Fsp3) is 0.235. The van der Waals surface area contributed by atoms with E-state index in [0.29, 0.717) is 30.6 Å². The lowest BCUT2D eigenvalue weighted by Crippen LogP contribution is -2.31. The maximum absolute atomic E-state index is 13.0. The predicted molar refractivity (Wildman–Crippen MR) is 96.4 cm³/mol. The molecule has 0 aliphatic carbocycles. The van der Waals surface area contributed by atoms with Gasteiger partial charge in [-0.1, -0.05) is 30.3 Å². The Morgan fingerprint density at radius 2 is 2.14 bits per heavy atom. The summed E-state index contributed by atoms with van der Waals surface area (Å²) < 4.78 is 33.5. The summed E-state index contributed by atoms with van der Waals surface area (Å²) in [6.45, 7) is 0.642. The first-order valence-electron chi connectivity index (χ1n) is 8.24. The van der Waals surface area contributed by atoms with Gasteiger partial charge in [-0.3, -0.25) is 10.1 Å². The number of thiazole rings is 1. The van der Waals surface area contributed by atoms with Crippen LogP contribution in [-0.2, 0) is 22.6 Å². The minimum atomic E-state index is -3.47. The molecule has 2 aromatic heterocycles. The molecule has 1 aliphatic heterocycles. The van der Waals surface area contributed by atoms with Crippen LogP contribution in [0.25, 0.3) is 5.70 Å². The second-order valence-corrected chi connectivity index (χ2v) is 6.95. The third kappa shape index (κ3) is 3.60. The Balaban J connectivity index is 1.50. The minimum Gasteiger partial charge on any atom is -0.489 e. The highest BCUT2D eigenvalue weighted by molar-refractivity contribution is 7.13. The molecule has 0 unspecified atom stereocenters. The molecular formula is C17H14F2N6O2S. The summed E-state index contributed by atoms with van der Waals surface area (Å²) >= 11 is 1.05. The van der Waals surface area contributed by atoms with E-state index < -0.39 is 11.8 Å². The number of hydrogen-bond acceptors (Lipinski definition) is 7. The fourth-order valence-electron chi connectivity index (χ4n) is 2.63. The number of anilines is 1. The summed E-state index contributed by atoms with van der Waals surface area (Å²) in [7, 11) is 0. The van der Waals surface area contributed by atoms with Gasteiger partial charge in [-0.05, 0) is 10.4 Å². The number of ether oxygens (including phenoxy) is 1. The molecule has 0 atom stereocenters. The van der Waals surface area contributed by atoms with Gasteiger partial charge in [0.2, 0.25) is 0 Å². The standard InChI is InChI=1S/C17H14F2N6O2S/c1-17(18,19)15(26)21-16-20-11(9-28-16)8-27-12-7-13-22-23-24-25(13)14(12)10-5-3-2-4-6-10/h2-6,9H,7-8H2,1H3,(H,20,21,26). The second kappa shape index (κ2) is 7.08. The molecule has 4 rings (SSSR count). The monoisotopic (exact) mass is 404 g/mol. The Labute approximate surface area is 161 Å². The van der Waals surface area contributed by atoms with E-state index in [-0.39, 0.29) is 11.7 Å². The van der Waals surface area contributed by atoms with Gasteiger partial charge in [0.15, 0.2) is 11.0 Å². The topological polar surface area (TPSA) is 94.8 Å². The van der Waals surface area contributed by atoms with Crippen LogP contribution in [-0.4, -0.2) is 37.0 Å². The molecule has 0 bridgehead atoms. The Morgan fingerprint density at radius 1 is 1.36 bits per heavy atom. The molecule has 0 saturated carbocycles. The maximum Gasteiger partial charge on any atom is 0.322 e. The smallest absolute Gasteiger partial charge is 0.322 e. The number of nitrogens with zero attached hydrogens (tertiary/aromatic N) is 5. The van der Waals surface area contributed by atoms with Gasteiger partial charge < -0.3 is 4.74 Å². The molecule has 8 nitrogen and oxygen atoms in total. The number of allylic oxidation sites excluding steroid dienone is 1. The van der Waals surface area contributed by atoms with E-state index in [1.54, 1.807) is 10.1 Å². The van der Waals surface area contributed by atoms with Gasteiger partial charge in [0.05, 0.1) is 12.1 Å². The third-order valence-electron chi connectivity index (χ3n) is 3.94. The zero-order valence-corrected chi connectivity index (χ0v) is 15.4. The number of benzene rings is 1. The normalized spacial score (nSPS) is 13.5. The van der Waals surface area contributed by atoms with Gasteiger partial charge in [-0.2, -0.15) is 13.5 Å². The average Bonchev–Trinajstić information content (AvgIpc) is 3.35. The first-order chi connectivity index (χ1) is 13.4. The molecule has 1 aliphatic rings. The van der Waals surface area contributed by atoms with E-state index in [1.165, 1.54) is 0 Å². The van der Waals surface area contributed by atoms with E-state index >= 15 is 0 Å². The molecule has 11 heteroatoms. The van der Waals surface area contributed by atoms with Gasteiger partial charge in [0.25, 0.3) is 5.91 Å². The van der Waals surface area contributed by atoms with Crippen LogP contribution in [0.4, 0.5) is 13.9 Å². The Morgan fingerprint density at radius 3 is 2.89 bits per heavy atom. The van der Waals surface area contributed by atoms with E-state index in [0.717, 1.165) is 22.6 Å². The number of rotatable bonds is 6. The lowest BCUT2D eigenvalue weighted by atomic mass is 10.1. The summed E-state index contributed by atoms with van der Waals surface area (Å²) in [6.07, 6.45) is 0.424. The number of carbonyl (C=O) groups excluding carboxylic acids is 1. The number of nitrogens with one attached hydrogen (secondary N) is 1. The molecule has 0 spiro atoms. The van der Waals surface area contributed by atoms with Crippen LogP contribution >= 0.6 is 11.3 Å². The summed E-state index contributed by atoms with van der Waals surface area (Å²) in [5.41, 5.74) is 2.16. The van der Waals surface area contributed by atoms with E-state index in [9.17, 15) is 13.6 Å². The lowest BCUT2D eigenvalue weighted by molar-refractivity contribution is -0.137. The molecule has 3 aromatic rings. The molecule has 3 heterocycles. The van der Waals surface area contributed by atoms with Crippen molar-refractivity contribution in [3.05, 3.63) is 58.6 Å².